The highest BCUT2D eigenvalue weighted by Gasteiger charge is 2.30. The first-order valence-electron chi connectivity index (χ1n) is 9.17. The molecule has 0 spiro atoms. The van der Waals surface area contributed by atoms with Crippen LogP contribution in [0.15, 0.2) is 42.6 Å². The number of hydrogen-bond donors (Lipinski definition) is 2. The third-order valence-electron chi connectivity index (χ3n) is 4.73. The van der Waals surface area contributed by atoms with E-state index in [-0.39, 0.29) is 17.4 Å². The van der Waals surface area contributed by atoms with Crippen LogP contribution in [-0.2, 0) is 16.1 Å². The van der Waals surface area contributed by atoms with Crippen molar-refractivity contribution in [2.24, 2.45) is 0 Å². The molecule has 0 bridgehead atoms. The molecule has 1 aliphatic rings. The summed E-state index contributed by atoms with van der Waals surface area (Å²) in [5, 5.41) is 5.70. The largest absolute Gasteiger partial charge is 0.373 e. The number of pyridine rings is 1. The maximum absolute atomic E-state index is 12.3. The number of rotatable bonds is 6. The van der Waals surface area contributed by atoms with Gasteiger partial charge in [-0.3, -0.25) is 14.6 Å². The van der Waals surface area contributed by atoms with Crippen molar-refractivity contribution in [3.05, 3.63) is 53.7 Å². The second kappa shape index (κ2) is 8.31. The molecule has 1 aromatic heterocycles. The number of carbonyl (C=O) groups is 2. The molecule has 3 rings (SSSR count). The molecule has 1 unspecified atom stereocenters. The van der Waals surface area contributed by atoms with E-state index in [9.17, 15) is 9.59 Å². The van der Waals surface area contributed by atoms with E-state index < -0.39 is 0 Å². The molecule has 27 heavy (non-hydrogen) atoms. The molecule has 1 saturated heterocycles. The van der Waals surface area contributed by atoms with Crippen LogP contribution in [0.5, 0.6) is 0 Å². The molecule has 1 atom stereocenters. The molecule has 6 nitrogen and oxygen atoms in total. The Morgan fingerprint density at radius 1 is 1.15 bits per heavy atom. The standard InChI is InChI=1S/C21H25N3O3/c1-15(25)22-12-16-4-9-19(23-13-16)17-5-7-18(8-6-17)20(26)24-14-21(2)10-3-11-27-21/h4-9,13H,3,10-12,14H2,1-2H3,(H,22,25)(H,24,26). The summed E-state index contributed by atoms with van der Waals surface area (Å²) in [6, 6.07) is 11.2. The maximum Gasteiger partial charge on any atom is 0.251 e. The van der Waals surface area contributed by atoms with Gasteiger partial charge in [-0.1, -0.05) is 18.2 Å². The van der Waals surface area contributed by atoms with Gasteiger partial charge < -0.3 is 15.4 Å². The molecule has 1 fully saturated rings. The monoisotopic (exact) mass is 367 g/mol. The number of amides is 2. The normalized spacial score (nSPS) is 18.9. The van der Waals surface area contributed by atoms with Crippen LogP contribution in [0.2, 0.25) is 0 Å². The molecule has 1 aliphatic heterocycles. The van der Waals surface area contributed by atoms with E-state index in [0.29, 0.717) is 18.7 Å². The number of benzene rings is 1. The Kier molecular flexibility index (Phi) is 5.86. The average Bonchev–Trinajstić information content (AvgIpc) is 3.12. The fraction of sp³-hybridized carbons (Fsp3) is 0.381. The van der Waals surface area contributed by atoms with E-state index >= 15 is 0 Å². The number of nitrogens with one attached hydrogen (secondary N) is 2. The zero-order valence-corrected chi connectivity index (χ0v) is 15.7. The lowest BCUT2D eigenvalue weighted by Gasteiger charge is -2.23. The fourth-order valence-corrected chi connectivity index (χ4v) is 3.06. The fourth-order valence-electron chi connectivity index (χ4n) is 3.06. The van der Waals surface area contributed by atoms with Crippen molar-refractivity contribution in [1.82, 2.24) is 15.6 Å². The number of ether oxygens (including phenoxy) is 1. The lowest BCUT2D eigenvalue weighted by molar-refractivity contribution is -0.119. The van der Waals surface area contributed by atoms with Gasteiger partial charge in [0.15, 0.2) is 0 Å². The van der Waals surface area contributed by atoms with Crippen molar-refractivity contribution in [1.29, 1.82) is 0 Å². The Balaban J connectivity index is 1.59. The van der Waals surface area contributed by atoms with Crippen molar-refractivity contribution in [2.45, 2.75) is 38.8 Å². The minimum absolute atomic E-state index is 0.0681. The van der Waals surface area contributed by atoms with Crippen LogP contribution < -0.4 is 10.6 Å². The number of hydrogen-bond acceptors (Lipinski definition) is 4. The maximum atomic E-state index is 12.3. The molecule has 6 heteroatoms. The summed E-state index contributed by atoms with van der Waals surface area (Å²) in [5.41, 5.74) is 3.05. The molecule has 142 valence electrons. The highest BCUT2D eigenvalue weighted by Crippen LogP contribution is 2.24. The van der Waals surface area contributed by atoms with E-state index in [0.717, 1.165) is 36.3 Å². The van der Waals surface area contributed by atoms with Crippen LogP contribution in [0.4, 0.5) is 0 Å². The molecular formula is C21H25N3O3. The van der Waals surface area contributed by atoms with Gasteiger partial charge in [0, 0.05) is 43.9 Å². The summed E-state index contributed by atoms with van der Waals surface area (Å²) >= 11 is 0. The van der Waals surface area contributed by atoms with E-state index in [2.05, 4.69) is 15.6 Å². The van der Waals surface area contributed by atoms with Gasteiger partial charge in [-0.05, 0) is 43.5 Å². The van der Waals surface area contributed by atoms with Gasteiger partial charge in [0.05, 0.1) is 11.3 Å². The van der Waals surface area contributed by atoms with Gasteiger partial charge in [0.1, 0.15) is 0 Å². The smallest absolute Gasteiger partial charge is 0.251 e. The van der Waals surface area contributed by atoms with Crippen molar-refractivity contribution in [2.75, 3.05) is 13.2 Å². The Labute approximate surface area is 159 Å². The lowest BCUT2D eigenvalue weighted by atomic mass is 10.0. The van der Waals surface area contributed by atoms with Gasteiger partial charge in [-0.15, -0.1) is 0 Å². The summed E-state index contributed by atoms with van der Waals surface area (Å²) in [6.45, 7) is 5.26. The van der Waals surface area contributed by atoms with Crippen molar-refractivity contribution >= 4 is 11.8 Å². The number of aromatic nitrogens is 1. The first-order chi connectivity index (χ1) is 13.0. The molecule has 0 aliphatic carbocycles. The Morgan fingerprint density at radius 2 is 1.93 bits per heavy atom. The third kappa shape index (κ3) is 5.14. The molecule has 2 N–H and O–H groups in total. The van der Waals surface area contributed by atoms with E-state index in [1.165, 1.54) is 6.92 Å². The highest BCUT2D eigenvalue weighted by atomic mass is 16.5. The quantitative estimate of drug-likeness (QED) is 0.823. The molecule has 0 saturated carbocycles. The van der Waals surface area contributed by atoms with E-state index in [4.69, 9.17) is 4.74 Å². The number of carbonyl (C=O) groups excluding carboxylic acids is 2. The average molecular weight is 367 g/mol. The summed E-state index contributed by atoms with van der Waals surface area (Å²) in [7, 11) is 0. The first kappa shape index (κ1) is 19.0. The SMILES string of the molecule is CC(=O)NCc1ccc(-c2ccc(C(=O)NCC3(C)CCCO3)cc2)nc1. The van der Waals surface area contributed by atoms with Crippen LogP contribution in [0.1, 0.15) is 42.6 Å². The van der Waals surface area contributed by atoms with Crippen molar-refractivity contribution in [3.8, 4) is 11.3 Å². The zero-order valence-electron chi connectivity index (χ0n) is 15.7. The molecule has 2 amide bonds. The highest BCUT2D eigenvalue weighted by molar-refractivity contribution is 5.94. The van der Waals surface area contributed by atoms with Gasteiger partial charge in [-0.2, -0.15) is 0 Å². The zero-order chi connectivity index (χ0) is 19.3. The van der Waals surface area contributed by atoms with Gasteiger partial charge in [0.25, 0.3) is 5.91 Å². The van der Waals surface area contributed by atoms with Crippen LogP contribution in [0.3, 0.4) is 0 Å². The predicted molar refractivity (Wildman–Crippen MR) is 103 cm³/mol. The second-order valence-corrected chi connectivity index (χ2v) is 7.12. The molecule has 2 aromatic rings. The van der Waals surface area contributed by atoms with Crippen molar-refractivity contribution < 1.29 is 14.3 Å². The Morgan fingerprint density at radius 3 is 2.52 bits per heavy atom. The summed E-state index contributed by atoms with van der Waals surface area (Å²) in [5.74, 6) is -0.168. The molecular weight excluding hydrogens is 342 g/mol. The Bertz CT molecular complexity index is 794. The van der Waals surface area contributed by atoms with Crippen LogP contribution >= 0.6 is 0 Å². The molecule has 1 aromatic carbocycles. The Hall–Kier alpha value is -2.73. The second-order valence-electron chi connectivity index (χ2n) is 7.12. The minimum Gasteiger partial charge on any atom is -0.373 e. The van der Waals surface area contributed by atoms with Gasteiger partial charge >= 0.3 is 0 Å². The number of nitrogens with zero attached hydrogens (tertiary/aromatic N) is 1. The van der Waals surface area contributed by atoms with Gasteiger partial charge in [0.2, 0.25) is 5.91 Å². The predicted octanol–water partition coefficient (Wildman–Crippen LogP) is 2.68. The van der Waals surface area contributed by atoms with Crippen LogP contribution in [0, 0.1) is 0 Å². The third-order valence-corrected chi connectivity index (χ3v) is 4.73. The van der Waals surface area contributed by atoms with Gasteiger partial charge in [-0.25, -0.2) is 0 Å². The lowest BCUT2D eigenvalue weighted by Crippen LogP contribution is -2.40. The van der Waals surface area contributed by atoms with Crippen LogP contribution in [-0.4, -0.2) is 35.6 Å². The topological polar surface area (TPSA) is 80.3 Å². The van der Waals surface area contributed by atoms with E-state index in [1.807, 2.05) is 31.2 Å². The molecule has 2 heterocycles. The first-order valence-corrected chi connectivity index (χ1v) is 9.17. The summed E-state index contributed by atoms with van der Waals surface area (Å²) in [6.07, 6.45) is 3.75. The molecule has 0 radical (unpaired) electrons. The summed E-state index contributed by atoms with van der Waals surface area (Å²) < 4.78 is 5.70. The summed E-state index contributed by atoms with van der Waals surface area (Å²) in [4.78, 5) is 27.7. The van der Waals surface area contributed by atoms with Crippen molar-refractivity contribution in [3.63, 3.8) is 0 Å². The van der Waals surface area contributed by atoms with Crippen LogP contribution in [0.25, 0.3) is 11.3 Å². The van der Waals surface area contributed by atoms with E-state index in [1.54, 1.807) is 18.3 Å². The minimum atomic E-state index is -0.251.